The summed E-state index contributed by atoms with van der Waals surface area (Å²) < 4.78 is 9.99. The highest BCUT2D eigenvalue weighted by atomic mass is 16.5. The van der Waals surface area contributed by atoms with Gasteiger partial charge in [0.2, 0.25) is 0 Å². The maximum absolute atomic E-state index is 11.9. The molecule has 0 saturated heterocycles. The quantitative estimate of drug-likeness (QED) is 0.590. The van der Waals surface area contributed by atoms with Crippen LogP contribution < -0.4 is 15.8 Å². The maximum Gasteiger partial charge on any atom is 0.340 e. The summed E-state index contributed by atoms with van der Waals surface area (Å²) in [6.07, 6.45) is 1.85. The van der Waals surface area contributed by atoms with Crippen molar-refractivity contribution < 1.29 is 19.1 Å². The zero-order chi connectivity index (χ0) is 15.8. The number of ether oxygens (including phenoxy) is 2. The van der Waals surface area contributed by atoms with E-state index in [0.717, 1.165) is 12.8 Å². The van der Waals surface area contributed by atoms with E-state index in [2.05, 4.69) is 5.32 Å². The molecule has 1 atom stereocenters. The fraction of sp³-hybridized carbons (Fsp3) is 0.467. The zero-order valence-corrected chi connectivity index (χ0v) is 12.6. The molecule has 0 aliphatic rings. The Bertz CT molecular complexity index is 502. The monoisotopic (exact) mass is 294 g/mol. The molecule has 1 aromatic carbocycles. The Morgan fingerprint density at radius 3 is 2.71 bits per heavy atom. The van der Waals surface area contributed by atoms with Gasteiger partial charge >= 0.3 is 5.97 Å². The lowest BCUT2D eigenvalue weighted by molar-refractivity contribution is -0.124. The van der Waals surface area contributed by atoms with Gasteiger partial charge in [0.15, 0.2) is 6.61 Å². The largest absolute Gasteiger partial charge is 0.497 e. The first-order valence-corrected chi connectivity index (χ1v) is 6.88. The first-order chi connectivity index (χ1) is 9.97. The molecule has 1 aromatic rings. The average Bonchev–Trinajstić information content (AvgIpc) is 2.45. The van der Waals surface area contributed by atoms with E-state index in [1.807, 2.05) is 13.8 Å². The maximum atomic E-state index is 11.9. The molecule has 0 aliphatic carbocycles. The summed E-state index contributed by atoms with van der Waals surface area (Å²) >= 11 is 0. The molecule has 0 radical (unpaired) electrons. The van der Waals surface area contributed by atoms with Crippen LogP contribution in [0.5, 0.6) is 5.75 Å². The van der Waals surface area contributed by atoms with Crippen LogP contribution in [0.3, 0.4) is 0 Å². The van der Waals surface area contributed by atoms with Crippen molar-refractivity contribution in [2.75, 3.05) is 19.5 Å². The lowest BCUT2D eigenvalue weighted by Gasteiger charge is -2.13. The predicted octanol–water partition coefficient (Wildman–Crippen LogP) is 1.74. The number of methoxy groups -OCH3 is 1. The third kappa shape index (κ3) is 5.33. The van der Waals surface area contributed by atoms with E-state index in [-0.39, 0.29) is 29.8 Å². The second-order valence-electron chi connectivity index (χ2n) is 4.79. The zero-order valence-electron chi connectivity index (χ0n) is 12.6. The molecule has 0 saturated carbocycles. The van der Waals surface area contributed by atoms with E-state index in [1.54, 1.807) is 12.1 Å². The molecule has 0 aromatic heterocycles. The van der Waals surface area contributed by atoms with Crippen LogP contribution in [0.1, 0.15) is 37.0 Å². The van der Waals surface area contributed by atoms with Crippen molar-refractivity contribution in [1.29, 1.82) is 0 Å². The fourth-order valence-corrected chi connectivity index (χ4v) is 1.87. The number of nitrogen functional groups attached to an aromatic ring is 1. The van der Waals surface area contributed by atoms with Gasteiger partial charge in [0.05, 0.1) is 12.7 Å². The number of benzene rings is 1. The molecule has 0 fully saturated rings. The molecule has 6 nitrogen and oxygen atoms in total. The molecular weight excluding hydrogens is 272 g/mol. The van der Waals surface area contributed by atoms with E-state index < -0.39 is 5.97 Å². The van der Waals surface area contributed by atoms with E-state index in [1.165, 1.54) is 13.2 Å². The molecule has 116 valence electrons. The van der Waals surface area contributed by atoms with Gasteiger partial charge in [-0.25, -0.2) is 4.79 Å². The van der Waals surface area contributed by atoms with Crippen LogP contribution >= 0.6 is 0 Å². The summed E-state index contributed by atoms with van der Waals surface area (Å²) in [5, 5.41) is 2.75. The van der Waals surface area contributed by atoms with E-state index in [0.29, 0.717) is 5.75 Å². The number of anilines is 1. The first kappa shape index (κ1) is 16.8. The standard InChI is InChI=1S/C15H22N2O4/c1-4-5-10(2)17-14(18)9-21-15(19)12-8-11(20-3)6-7-13(12)16/h6-8,10H,4-5,9,16H2,1-3H3,(H,17,18). The summed E-state index contributed by atoms with van der Waals surface area (Å²) in [6.45, 7) is 3.61. The van der Waals surface area contributed by atoms with Gasteiger partial charge in [0.25, 0.3) is 5.91 Å². The molecule has 1 unspecified atom stereocenters. The third-order valence-electron chi connectivity index (χ3n) is 2.94. The summed E-state index contributed by atoms with van der Waals surface area (Å²) in [5.41, 5.74) is 6.18. The van der Waals surface area contributed by atoms with E-state index >= 15 is 0 Å². The smallest absolute Gasteiger partial charge is 0.340 e. The van der Waals surface area contributed by atoms with Gasteiger partial charge in [-0.3, -0.25) is 4.79 Å². The van der Waals surface area contributed by atoms with Crippen LogP contribution in [-0.2, 0) is 9.53 Å². The molecule has 0 spiro atoms. The molecule has 21 heavy (non-hydrogen) atoms. The number of nitrogens with one attached hydrogen (secondary N) is 1. The van der Waals surface area contributed by atoms with Crippen LogP contribution in [0.2, 0.25) is 0 Å². The highest BCUT2D eigenvalue weighted by Gasteiger charge is 2.15. The molecule has 6 heteroatoms. The van der Waals surface area contributed by atoms with Crippen molar-refractivity contribution in [3.8, 4) is 5.75 Å². The predicted molar refractivity (Wildman–Crippen MR) is 80.2 cm³/mol. The van der Waals surface area contributed by atoms with Crippen molar-refractivity contribution in [1.82, 2.24) is 5.32 Å². The van der Waals surface area contributed by atoms with Crippen LogP contribution in [0, 0.1) is 0 Å². The molecule has 1 amide bonds. The van der Waals surface area contributed by atoms with Crippen molar-refractivity contribution in [2.24, 2.45) is 0 Å². The highest BCUT2D eigenvalue weighted by Crippen LogP contribution is 2.20. The van der Waals surface area contributed by atoms with Crippen LogP contribution in [0.4, 0.5) is 5.69 Å². The van der Waals surface area contributed by atoms with Gasteiger partial charge in [0, 0.05) is 11.7 Å². The van der Waals surface area contributed by atoms with Gasteiger partial charge in [-0.15, -0.1) is 0 Å². The minimum atomic E-state index is -0.648. The fourth-order valence-electron chi connectivity index (χ4n) is 1.87. The molecule has 0 bridgehead atoms. The summed E-state index contributed by atoms with van der Waals surface area (Å²) in [4.78, 5) is 23.5. The molecule has 1 rings (SSSR count). The number of esters is 1. The minimum Gasteiger partial charge on any atom is -0.497 e. The highest BCUT2D eigenvalue weighted by molar-refractivity contribution is 5.96. The topological polar surface area (TPSA) is 90.6 Å². The van der Waals surface area contributed by atoms with E-state index in [4.69, 9.17) is 15.2 Å². The summed E-state index contributed by atoms with van der Waals surface area (Å²) in [5.74, 6) is -0.479. The van der Waals surface area contributed by atoms with E-state index in [9.17, 15) is 9.59 Å². The number of carbonyl (C=O) groups is 2. The lowest BCUT2D eigenvalue weighted by Crippen LogP contribution is -2.35. The number of nitrogens with two attached hydrogens (primary N) is 1. The van der Waals surface area contributed by atoms with Crippen molar-refractivity contribution >= 4 is 17.6 Å². The van der Waals surface area contributed by atoms with Gasteiger partial charge < -0.3 is 20.5 Å². The van der Waals surface area contributed by atoms with Crippen molar-refractivity contribution in [2.45, 2.75) is 32.7 Å². The van der Waals surface area contributed by atoms with Crippen LogP contribution in [-0.4, -0.2) is 31.6 Å². The summed E-state index contributed by atoms with van der Waals surface area (Å²) in [6, 6.07) is 4.74. The second kappa shape index (κ2) is 8.14. The Morgan fingerprint density at radius 2 is 2.10 bits per heavy atom. The van der Waals surface area contributed by atoms with Gasteiger partial charge in [0.1, 0.15) is 5.75 Å². The van der Waals surface area contributed by atoms with Crippen molar-refractivity contribution in [3.63, 3.8) is 0 Å². The van der Waals surface area contributed by atoms with Crippen LogP contribution in [0.15, 0.2) is 18.2 Å². The third-order valence-corrected chi connectivity index (χ3v) is 2.94. The Labute approximate surface area is 124 Å². The molecule has 0 heterocycles. The normalized spacial score (nSPS) is 11.6. The Hall–Kier alpha value is -2.24. The Morgan fingerprint density at radius 1 is 1.38 bits per heavy atom. The Balaban J connectivity index is 2.56. The Kier molecular flexibility index (Phi) is 6.52. The van der Waals surface area contributed by atoms with Gasteiger partial charge in [-0.1, -0.05) is 13.3 Å². The lowest BCUT2D eigenvalue weighted by atomic mass is 10.2. The second-order valence-corrected chi connectivity index (χ2v) is 4.79. The van der Waals surface area contributed by atoms with Gasteiger partial charge in [-0.05, 0) is 31.5 Å². The van der Waals surface area contributed by atoms with Crippen molar-refractivity contribution in [3.05, 3.63) is 23.8 Å². The van der Waals surface area contributed by atoms with Gasteiger partial charge in [-0.2, -0.15) is 0 Å². The van der Waals surface area contributed by atoms with Crippen LogP contribution in [0.25, 0.3) is 0 Å². The SMILES string of the molecule is CCCC(C)NC(=O)COC(=O)c1cc(OC)ccc1N. The average molecular weight is 294 g/mol. The first-order valence-electron chi connectivity index (χ1n) is 6.88. The number of hydrogen-bond donors (Lipinski definition) is 2. The molecule has 3 N–H and O–H groups in total. The molecule has 0 aliphatic heterocycles. The number of rotatable bonds is 7. The number of hydrogen-bond acceptors (Lipinski definition) is 5. The molecular formula is C15H22N2O4. The minimum absolute atomic E-state index is 0.0584. The number of carbonyl (C=O) groups excluding carboxylic acids is 2. The number of amides is 1. The summed E-state index contributed by atoms with van der Waals surface area (Å²) in [7, 11) is 1.49.